The number of allylic oxidation sites excluding steroid dienone is 2. The molecule has 0 saturated carbocycles. The molecule has 0 radical (unpaired) electrons. The molecule has 0 aromatic rings. The van der Waals surface area contributed by atoms with E-state index in [9.17, 15) is 0 Å². The van der Waals surface area contributed by atoms with E-state index in [0.717, 1.165) is 0 Å². The molecule has 12 heavy (non-hydrogen) atoms. The summed E-state index contributed by atoms with van der Waals surface area (Å²) in [6.07, 6.45) is 3.55. The summed E-state index contributed by atoms with van der Waals surface area (Å²) in [5.74, 6) is 0. The third-order valence-corrected chi connectivity index (χ3v) is 1.49. The molecule has 0 bridgehead atoms. The lowest BCUT2D eigenvalue weighted by Crippen LogP contribution is -2.08. The molecule has 64 valence electrons. The molecule has 0 aromatic heterocycles. The second kappa shape index (κ2) is 3.41. The second-order valence-corrected chi connectivity index (χ2v) is 4.00. The molecular formula is C10H14N2. The summed E-state index contributed by atoms with van der Waals surface area (Å²) in [6.45, 7) is 7.27. The molecule has 0 aliphatic heterocycles. The zero-order chi connectivity index (χ0) is 9.83. The smallest absolute Gasteiger partial charge is 0.0725 e. The van der Waals surface area contributed by atoms with Crippen molar-refractivity contribution in [3.63, 3.8) is 0 Å². The van der Waals surface area contributed by atoms with E-state index in [2.05, 4.69) is 12.1 Å². The summed E-state index contributed by atoms with van der Waals surface area (Å²) in [4.78, 5) is 0. The van der Waals surface area contributed by atoms with Gasteiger partial charge < -0.3 is 0 Å². The molecule has 0 N–H and O–H groups in total. The van der Waals surface area contributed by atoms with E-state index in [1.165, 1.54) is 0 Å². The monoisotopic (exact) mass is 162 g/mol. The van der Waals surface area contributed by atoms with Crippen LogP contribution in [0.5, 0.6) is 0 Å². The van der Waals surface area contributed by atoms with Gasteiger partial charge in [-0.15, -0.1) is 0 Å². The zero-order valence-electron chi connectivity index (χ0n) is 8.05. The predicted molar refractivity (Wildman–Crippen MR) is 47.9 cm³/mol. The van der Waals surface area contributed by atoms with Crippen molar-refractivity contribution in [3.05, 3.63) is 12.2 Å². The lowest BCUT2D eigenvalue weighted by atomic mass is 9.88. The second-order valence-electron chi connectivity index (χ2n) is 4.00. The number of nitrogens with zero attached hydrogens (tertiary/aromatic N) is 2. The molecule has 0 rings (SSSR count). The maximum absolute atomic E-state index is 8.68. The molecule has 0 aliphatic carbocycles. The fraction of sp³-hybridized carbons (Fsp3) is 0.600. The molecule has 0 aliphatic rings. The van der Waals surface area contributed by atoms with Crippen LogP contribution >= 0.6 is 0 Å². The van der Waals surface area contributed by atoms with Crippen molar-refractivity contribution in [3.8, 4) is 12.1 Å². The van der Waals surface area contributed by atoms with Crippen LogP contribution in [0.2, 0.25) is 0 Å². The summed E-state index contributed by atoms with van der Waals surface area (Å²) in [5, 5.41) is 17.4. The first kappa shape index (κ1) is 10.7. The summed E-state index contributed by atoms with van der Waals surface area (Å²) in [7, 11) is 0. The number of nitriles is 2. The molecule has 0 saturated heterocycles. The topological polar surface area (TPSA) is 47.6 Å². The maximum Gasteiger partial charge on any atom is 0.0725 e. The highest BCUT2D eigenvalue weighted by Crippen LogP contribution is 2.21. The molecule has 2 nitrogen and oxygen atoms in total. The van der Waals surface area contributed by atoms with Crippen LogP contribution in [-0.4, -0.2) is 0 Å². The van der Waals surface area contributed by atoms with Crippen molar-refractivity contribution < 1.29 is 0 Å². The number of hydrogen-bond acceptors (Lipinski definition) is 2. The van der Waals surface area contributed by atoms with Crippen LogP contribution in [0.1, 0.15) is 27.7 Å². The van der Waals surface area contributed by atoms with E-state index >= 15 is 0 Å². The molecular weight excluding hydrogens is 148 g/mol. The first-order valence-corrected chi connectivity index (χ1v) is 3.86. The van der Waals surface area contributed by atoms with Crippen LogP contribution in [0, 0.1) is 33.5 Å². The molecule has 2 heteroatoms. The van der Waals surface area contributed by atoms with E-state index in [1.54, 1.807) is 12.2 Å². The van der Waals surface area contributed by atoms with Gasteiger partial charge in [0.2, 0.25) is 0 Å². The number of rotatable bonds is 2. The van der Waals surface area contributed by atoms with Gasteiger partial charge in [0, 0.05) is 0 Å². The van der Waals surface area contributed by atoms with Crippen molar-refractivity contribution in [2.24, 2.45) is 10.8 Å². The Hall–Kier alpha value is -1.28. The Balaban J connectivity index is 4.50. The average Bonchev–Trinajstić information content (AvgIpc) is 2.02. The summed E-state index contributed by atoms with van der Waals surface area (Å²) in [5.41, 5.74) is -0.956. The van der Waals surface area contributed by atoms with E-state index in [4.69, 9.17) is 10.5 Å². The average molecular weight is 162 g/mol. The molecule has 0 fully saturated rings. The SMILES string of the molecule is CC(C)(C#N)/C=C/C(C)(C)C#N. The van der Waals surface area contributed by atoms with E-state index in [0.29, 0.717) is 0 Å². The third-order valence-electron chi connectivity index (χ3n) is 1.49. The Morgan fingerprint density at radius 3 is 1.25 bits per heavy atom. The van der Waals surface area contributed by atoms with E-state index in [-0.39, 0.29) is 0 Å². The molecule has 0 heterocycles. The quantitative estimate of drug-likeness (QED) is 0.586. The third kappa shape index (κ3) is 3.78. The van der Waals surface area contributed by atoms with Crippen molar-refractivity contribution >= 4 is 0 Å². The summed E-state index contributed by atoms with van der Waals surface area (Å²) in [6, 6.07) is 4.28. The van der Waals surface area contributed by atoms with Crippen LogP contribution in [0.4, 0.5) is 0 Å². The summed E-state index contributed by atoms with van der Waals surface area (Å²) < 4.78 is 0. The molecule has 0 unspecified atom stereocenters. The zero-order valence-corrected chi connectivity index (χ0v) is 8.05. The first-order chi connectivity index (χ1) is 5.33. The first-order valence-electron chi connectivity index (χ1n) is 3.86. The normalized spacial score (nSPS) is 12.5. The molecule has 0 atom stereocenters. The Bertz CT molecular complexity index is 231. The van der Waals surface area contributed by atoms with Crippen molar-refractivity contribution in [1.29, 1.82) is 10.5 Å². The van der Waals surface area contributed by atoms with Gasteiger partial charge in [-0.25, -0.2) is 0 Å². The van der Waals surface area contributed by atoms with E-state index in [1.807, 2.05) is 27.7 Å². The Morgan fingerprint density at radius 1 is 0.833 bits per heavy atom. The lowest BCUT2D eigenvalue weighted by Gasteiger charge is -2.12. The van der Waals surface area contributed by atoms with Gasteiger partial charge in [-0.2, -0.15) is 10.5 Å². The van der Waals surface area contributed by atoms with Crippen LogP contribution < -0.4 is 0 Å². The standard InChI is InChI=1S/C10H14N2/c1-9(2,7-11)5-6-10(3,4)8-12/h5-6H,1-4H3/b6-5+. The van der Waals surface area contributed by atoms with Crippen LogP contribution in [0.15, 0.2) is 12.2 Å². The molecule has 0 aromatic carbocycles. The largest absolute Gasteiger partial charge is 0.197 e. The van der Waals surface area contributed by atoms with Crippen molar-refractivity contribution in [2.45, 2.75) is 27.7 Å². The maximum atomic E-state index is 8.68. The summed E-state index contributed by atoms with van der Waals surface area (Å²) >= 11 is 0. The van der Waals surface area contributed by atoms with Gasteiger partial charge in [0.05, 0.1) is 23.0 Å². The predicted octanol–water partition coefficient (Wildman–Crippen LogP) is 2.64. The van der Waals surface area contributed by atoms with Gasteiger partial charge >= 0.3 is 0 Å². The number of hydrogen-bond donors (Lipinski definition) is 0. The van der Waals surface area contributed by atoms with Crippen LogP contribution in [0.3, 0.4) is 0 Å². The fourth-order valence-electron chi connectivity index (χ4n) is 0.491. The Kier molecular flexibility index (Phi) is 3.05. The highest BCUT2D eigenvalue weighted by molar-refractivity contribution is 5.15. The minimum atomic E-state index is -0.478. The van der Waals surface area contributed by atoms with Gasteiger partial charge in [0.1, 0.15) is 0 Å². The highest BCUT2D eigenvalue weighted by Gasteiger charge is 2.16. The minimum Gasteiger partial charge on any atom is -0.197 e. The van der Waals surface area contributed by atoms with E-state index < -0.39 is 10.8 Å². The van der Waals surface area contributed by atoms with Crippen molar-refractivity contribution in [1.82, 2.24) is 0 Å². The lowest BCUT2D eigenvalue weighted by molar-refractivity contribution is 0.598. The van der Waals surface area contributed by atoms with Crippen molar-refractivity contribution in [2.75, 3.05) is 0 Å². The van der Waals surface area contributed by atoms with Crippen LogP contribution in [0.25, 0.3) is 0 Å². The van der Waals surface area contributed by atoms with Gasteiger partial charge in [-0.1, -0.05) is 12.2 Å². The molecule has 0 amide bonds. The molecule has 0 spiro atoms. The highest BCUT2D eigenvalue weighted by atomic mass is 14.3. The fourth-order valence-corrected chi connectivity index (χ4v) is 0.491. The van der Waals surface area contributed by atoms with Gasteiger partial charge in [-0.3, -0.25) is 0 Å². The van der Waals surface area contributed by atoms with Gasteiger partial charge in [0.15, 0.2) is 0 Å². The van der Waals surface area contributed by atoms with Gasteiger partial charge in [-0.05, 0) is 27.7 Å². The van der Waals surface area contributed by atoms with Gasteiger partial charge in [0.25, 0.3) is 0 Å². The minimum absolute atomic E-state index is 0.478. The Labute approximate surface area is 74.1 Å². The van der Waals surface area contributed by atoms with Crippen LogP contribution in [-0.2, 0) is 0 Å². The Morgan fingerprint density at radius 2 is 1.08 bits per heavy atom.